The van der Waals surface area contributed by atoms with Gasteiger partial charge in [-0.1, -0.05) is 18.2 Å². The van der Waals surface area contributed by atoms with E-state index in [0.29, 0.717) is 16.9 Å². The average Bonchev–Trinajstić information content (AvgIpc) is 3.22. The molecule has 2 aliphatic heterocycles. The van der Waals surface area contributed by atoms with Crippen LogP contribution in [0.15, 0.2) is 40.8 Å². The van der Waals surface area contributed by atoms with Crippen molar-refractivity contribution in [1.29, 1.82) is 0 Å². The number of urea groups is 1. The number of hydrogen-bond donors (Lipinski definition) is 1. The molecule has 5 rings (SSSR count). The van der Waals surface area contributed by atoms with E-state index in [-0.39, 0.29) is 6.03 Å². The highest BCUT2D eigenvalue weighted by atomic mass is 16.5. The van der Waals surface area contributed by atoms with Crippen molar-refractivity contribution in [3.63, 3.8) is 0 Å². The molecule has 6 heteroatoms. The zero-order chi connectivity index (χ0) is 18.6. The summed E-state index contributed by atoms with van der Waals surface area (Å²) in [5, 5.41) is 5.05. The average molecular weight is 365 g/mol. The number of nitrogens with one attached hydrogen (secondary N) is 1. The summed E-state index contributed by atoms with van der Waals surface area (Å²) in [5.74, 6) is 0.639. The minimum atomic E-state index is -0.0739. The number of fused-ring (bicyclic) bond motifs is 3. The fourth-order valence-electron chi connectivity index (χ4n) is 4.68. The SMILES string of the molecule is COc1cc2c(cc1NC(=O)N1CCC3(CN(C)C3)C1)oc1ccccc12. The van der Waals surface area contributed by atoms with Gasteiger partial charge in [0.15, 0.2) is 0 Å². The van der Waals surface area contributed by atoms with Crippen LogP contribution in [0.5, 0.6) is 5.75 Å². The van der Waals surface area contributed by atoms with Crippen LogP contribution in [0, 0.1) is 5.41 Å². The van der Waals surface area contributed by atoms with E-state index in [4.69, 9.17) is 9.15 Å². The molecule has 2 fully saturated rings. The van der Waals surface area contributed by atoms with Crippen LogP contribution in [0.3, 0.4) is 0 Å². The minimum absolute atomic E-state index is 0.0739. The molecule has 0 saturated carbocycles. The fourth-order valence-corrected chi connectivity index (χ4v) is 4.68. The van der Waals surface area contributed by atoms with Gasteiger partial charge in [0.1, 0.15) is 16.9 Å². The number of ether oxygens (including phenoxy) is 1. The first-order valence-electron chi connectivity index (χ1n) is 9.31. The van der Waals surface area contributed by atoms with E-state index in [1.807, 2.05) is 41.3 Å². The Morgan fingerprint density at radius 3 is 2.74 bits per heavy atom. The van der Waals surface area contributed by atoms with Crippen molar-refractivity contribution < 1.29 is 13.9 Å². The van der Waals surface area contributed by atoms with Crippen molar-refractivity contribution in [2.45, 2.75) is 6.42 Å². The van der Waals surface area contributed by atoms with Crippen molar-refractivity contribution in [2.75, 3.05) is 45.7 Å². The Kier molecular flexibility index (Phi) is 3.59. The molecule has 1 spiro atoms. The number of nitrogens with zero attached hydrogens (tertiary/aromatic N) is 2. The normalized spacial score (nSPS) is 19.0. The third-order valence-corrected chi connectivity index (χ3v) is 5.88. The molecule has 0 aliphatic carbocycles. The molecular weight excluding hydrogens is 342 g/mol. The molecule has 6 nitrogen and oxygen atoms in total. The molecule has 2 aliphatic rings. The quantitative estimate of drug-likeness (QED) is 0.751. The second kappa shape index (κ2) is 5.89. The summed E-state index contributed by atoms with van der Waals surface area (Å²) in [6, 6.07) is 11.6. The Bertz CT molecular complexity index is 1040. The van der Waals surface area contributed by atoms with Gasteiger partial charge in [0.25, 0.3) is 0 Å². The highest BCUT2D eigenvalue weighted by Crippen LogP contribution is 2.40. The number of amides is 2. The Labute approximate surface area is 157 Å². The summed E-state index contributed by atoms with van der Waals surface area (Å²) >= 11 is 0. The Hall–Kier alpha value is -2.73. The molecule has 3 heterocycles. The van der Waals surface area contributed by atoms with Gasteiger partial charge in [-0.05, 0) is 25.6 Å². The van der Waals surface area contributed by atoms with Gasteiger partial charge < -0.3 is 24.3 Å². The zero-order valence-corrected chi connectivity index (χ0v) is 15.6. The van der Waals surface area contributed by atoms with E-state index in [0.717, 1.165) is 54.5 Å². The first-order chi connectivity index (χ1) is 13.1. The Morgan fingerprint density at radius 2 is 1.96 bits per heavy atom. The maximum atomic E-state index is 12.8. The highest BCUT2D eigenvalue weighted by Gasteiger charge is 2.47. The Balaban J connectivity index is 1.42. The number of likely N-dealkylation sites (tertiary alicyclic amines) is 2. The topological polar surface area (TPSA) is 58.0 Å². The number of hydrogen-bond acceptors (Lipinski definition) is 4. The number of methoxy groups -OCH3 is 1. The van der Waals surface area contributed by atoms with E-state index in [1.54, 1.807) is 7.11 Å². The predicted octanol–water partition coefficient (Wildman–Crippen LogP) is 3.76. The van der Waals surface area contributed by atoms with Gasteiger partial charge in [0, 0.05) is 48.4 Å². The number of para-hydroxylation sites is 1. The number of benzene rings is 2. The predicted molar refractivity (Wildman–Crippen MR) is 105 cm³/mol. The molecule has 0 atom stereocenters. The summed E-state index contributed by atoms with van der Waals surface area (Å²) in [6.45, 7) is 3.77. The lowest BCUT2D eigenvalue weighted by Crippen LogP contribution is -2.55. The van der Waals surface area contributed by atoms with Crippen LogP contribution in [0.2, 0.25) is 0 Å². The molecule has 3 aromatic rings. The van der Waals surface area contributed by atoms with Gasteiger partial charge in [-0.2, -0.15) is 0 Å². The summed E-state index contributed by atoms with van der Waals surface area (Å²) in [5.41, 5.74) is 2.50. The lowest BCUT2D eigenvalue weighted by Gasteiger charge is -2.46. The highest BCUT2D eigenvalue weighted by molar-refractivity contribution is 6.07. The van der Waals surface area contributed by atoms with Crippen LogP contribution in [0.4, 0.5) is 10.5 Å². The molecule has 0 radical (unpaired) electrons. The molecule has 0 bridgehead atoms. The second-order valence-electron chi connectivity index (χ2n) is 7.92. The monoisotopic (exact) mass is 365 g/mol. The summed E-state index contributed by atoms with van der Waals surface area (Å²) < 4.78 is 11.5. The van der Waals surface area contributed by atoms with Crippen molar-refractivity contribution in [3.05, 3.63) is 36.4 Å². The molecule has 1 N–H and O–H groups in total. The van der Waals surface area contributed by atoms with Gasteiger partial charge >= 0.3 is 6.03 Å². The van der Waals surface area contributed by atoms with E-state index >= 15 is 0 Å². The maximum absolute atomic E-state index is 12.8. The van der Waals surface area contributed by atoms with Crippen LogP contribution in [-0.2, 0) is 0 Å². The second-order valence-corrected chi connectivity index (χ2v) is 7.92. The van der Waals surface area contributed by atoms with E-state index in [9.17, 15) is 4.79 Å². The number of rotatable bonds is 2. The van der Waals surface area contributed by atoms with Crippen molar-refractivity contribution in [2.24, 2.45) is 5.41 Å². The van der Waals surface area contributed by atoms with Crippen LogP contribution in [-0.4, -0.2) is 56.2 Å². The largest absolute Gasteiger partial charge is 0.495 e. The van der Waals surface area contributed by atoms with Crippen molar-refractivity contribution in [1.82, 2.24) is 9.80 Å². The van der Waals surface area contributed by atoms with Gasteiger partial charge in [0.05, 0.1) is 12.8 Å². The zero-order valence-electron chi connectivity index (χ0n) is 15.6. The molecule has 0 unspecified atom stereocenters. The third kappa shape index (κ3) is 2.63. The molecule has 1 aromatic heterocycles. The first kappa shape index (κ1) is 16.4. The van der Waals surface area contributed by atoms with Crippen molar-refractivity contribution in [3.8, 4) is 5.75 Å². The van der Waals surface area contributed by atoms with Crippen LogP contribution >= 0.6 is 0 Å². The van der Waals surface area contributed by atoms with Crippen LogP contribution < -0.4 is 10.1 Å². The maximum Gasteiger partial charge on any atom is 0.321 e. The van der Waals surface area contributed by atoms with E-state index in [1.165, 1.54) is 0 Å². The summed E-state index contributed by atoms with van der Waals surface area (Å²) in [4.78, 5) is 17.0. The van der Waals surface area contributed by atoms with Gasteiger partial charge in [-0.15, -0.1) is 0 Å². The van der Waals surface area contributed by atoms with E-state index < -0.39 is 0 Å². The molecule has 27 heavy (non-hydrogen) atoms. The first-order valence-corrected chi connectivity index (χ1v) is 9.31. The number of carbonyl (C=O) groups excluding carboxylic acids is 1. The third-order valence-electron chi connectivity index (χ3n) is 5.88. The number of furan rings is 1. The molecule has 2 amide bonds. The number of anilines is 1. The smallest absolute Gasteiger partial charge is 0.321 e. The van der Waals surface area contributed by atoms with Gasteiger partial charge in [-0.3, -0.25) is 0 Å². The van der Waals surface area contributed by atoms with Gasteiger partial charge in [0.2, 0.25) is 0 Å². The molecule has 2 aromatic carbocycles. The molecule has 2 saturated heterocycles. The lowest BCUT2D eigenvalue weighted by atomic mass is 9.79. The minimum Gasteiger partial charge on any atom is -0.495 e. The summed E-state index contributed by atoms with van der Waals surface area (Å²) in [6.07, 6.45) is 1.07. The summed E-state index contributed by atoms with van der Waals surface area (Å²) in [7, 11) is 3.75. The van der Waals surface area contributed by atoms with Crippen LogP contribution in [0.25, 0.3) is 21.9 Å². The lowest BCUT2D eigenvalue weighted by molar-refractivity contribution is 0.0341. The fraction of sp³-hybridized carbons (Fsp3) is 0.381. The molecule has 140 valence electrons. The molecular formula is C21H23N3O3. The van der Waals surface area contributed by atoms with Gasteiger partial charge in [-0.25, -0.2) is 4.79 Å². The van der Waals surface area contributed by atoms with E-state index in [2.05, 4.69) is 17.3 Å². The van der Waals surface area contributed by atoms with Crippen LogP contribution in [0.1, 0.15) is 6.42 Å². The standard InChI is InChI=1S/C21H23N3O3/c1-23-11-21(12-23)7-8-24(13-21)20(25)22-16-10-18-15(9-19(16)26-2)14-5-3-4-6-17(14)27-18/h3-6,9-10H,7-8,11-13H2,1-2H3,(H,22,25). The Morgan fingerprint density at radius 1 is 1.15 bits per heavy atom. The number of carbonyl (C=O) groups is 1. The van der Waals surface area contributed by atoms with Crippen molar-refractivity contribution >= 4 is 33.7 Å².